The van der Waals surface area contributed by atoms with Crippen molar-refractivity contribution < 1.29 is 19.4 Å². The van der Waals surface area contributed by atoms with Gasteiger partial charge in [-0.05, 0) is 48.9 Å². The van der Waals surface area contributed by atoms with Crippen molar-refractivity contribution in [1.82, 2.24) is 14.8 Å². The summed E-state index contributed by atoms with van der Waals surface area (Å²) in [5.41, 5.74) is 2.58. The Hall–Kier alpha value is -4.14. The summed E-state index contributed by atoms with van der Waals surface area (Å²) in [6.07, 6.45) is 1.40. The molecule has 0 fully saturated rings. The third-order valence-electron chi connectivity index (χ3n) is 4.86. The molecule has 0 aliphatic carbocycles. The monoisotopic (exact) mass is 405 g/mol. The number of aromatic carboxylic acids is 1. The standard InChI is InChI=1S/C21H19N5O4/c1-12-17(19(27)25-15-7-9-16(30-2)10-8-15)18(26-21(24-12)22-11-23-26)13-3-5-14(6-4-13)20(28)29/h3-11,18H,1-2H3,(H,25,27)(H,28,29)(H,22,23,24)/t18-/m1/s1. The van der Waals surface area contributed by atoms with E-state index in [0.717, 1.165) is 0 Å². The van der Waals surface area contributed by atoms with E-state index in [1.54, 1.807) is 55.1 Å². The fraction of sp³-hybridized carbons (Fsp3) is 0.143. The second-order valence-corrected chi connectivity index (χ2v) is 6.70. The van der Waals surface area contributed by atoms with Gasteiger partial charge in [-0.15, -0.1) is 0 Å². The van der Waals surface area contributed by atoms with E-state index in [2.05, 4.69) is 20.7 Å². The summed E-state index contributed by atoms with van der Waals surface area (Å²) in [7, 11) is 1.57. The number of benzene rings is 2. The van der Waals surface area contributed by atoms with E-state index in [-0.39, 0.29) is 11.5 Å². The SMILES string of the molecule is COc1ccc(NC(=O)C2=C(C)Nc3ncnn3[C@@H]2c2ccc(C(=O)O)cc2)cc1. The number of carbonyl (C=O) groups excluding carboxylic acids is 1. The van der Waals surface area contributed by atoms with E-state index >= 15 is 0 Å². The lowest BCUT2D eigenvalue weighted by atomic mass is 9.94. The van der Waals surface area contributed by atoms with Gasteiger partial charge in [0, 0.05) is 11.4 Å². The molecule has 1 atom stereocenters. The van der Waals surface area contributed by atoms with Gasteiger partial charge in [0.05, 0.1) is 18.2 Å². The van der Waals surface area contributed by atoms with Crippen molar-refractivity contribution in [1.29, 1.82) is 0 Å². The number of rotatable bonds is 5. The quantitative estimate of drug-likeness (QED) is 0.597. The number of amides is 1. The number of hydrogen-bond donors (Lipinski definition) is 3. The number of carbonyl (C=O) groups is 2. The topological polar surface area (TPSA) is 118 Å². The van der Waals surface area contributed by atoms with E-state index in [9.17, 15) is 14.7 Å². The van der Waals surface area contributed by atoms with Crippen LogP contribution in [0, 0.1) is 0 Å². The fourth-order valence-electron chi connectivity index (χ4n) is 3.37. The number of aromatic nitrogens is 3. The van der Waals surface area contributed by atoms with E-state index < -0.39 is 12.0 Å². The molecule has 2 aromatic carbocycles. The smallest absolute Gasteiger partial charge is 0.335 e. The molecule has 1 aromatic heterocycles. The average Bonchev–Trinajstić information content (AvgIpc) is 3.21. The maximum atomic E-state index is 13.2. The maximum Gasteiger partial charge on any atom is 0.335 e. The predicted molar refractivity (Wildman–Crippen MR) is 110 cm³/mol. The van der Waals surface area contributed by atoms with Gasteiger partial charge in [-0.25, -0.2) is 9.48 Å². The molecule has 0 bridgehead atoms. The molecule has 0 saturated carbocycles. The van der Waals surface area contributed by atoms with Crippen molar-refractivity contribution in [2.75, 3.05) is 17.7 Å². The van der Waals surface area contributed by atoms with Crippen LogP contribution in [0.2, 0.25) is 0 Å². The molecule has 0 radical (unpaired) electrons. The van der Waals surface area contributed by atoms with E-state index in [4.69, 9.17) is 4.74 Å². The number of fused-ring (bicyclic) bond motifs is 1. The third-order valence-corrected chi connectivity index (χ3v) is 4.86. The summed E-state index contributed by atoms with van der Waals surface area (Å²) in [5, 5.41) is 19.4. The molecule has 3 aromatic rings. The van der Waals surface area contributed by atoms with Crippen LogP contribution in [-0.4, -0.2) is 38.9 Å². The van der Waals surface area contributed by atoms with E-state index in [0.29, 0.717) is 34.2 Å². The number of methoxy groups -OCH3 is 1. The van der Waals surface area contributed by atoms with Gasteiger partial charge < -0.3 is 20.5 Å². The largest absolute Gasteiger partial charge is 0.497 e. The zero-order valence-electron chi connectivity index (χ0n) is 16.3. The first-order chi connectivity index (χ1) is 14.5. The Labute approximate surface area is 172 Å². The van der Waals surface area contributed by atoms with Gasteiger partial charge in [0.2, 0.25) is 5.95 Å². The Balaban J connectivity index is 1.71. The van der Waals surface area contributed by atoms with E-state index in [1.807, 2.05) is 0 Å². The van der Waals surface area contributed by atoms with Crippen LogP contribution in [0.4, 0.5) is 11.6 Å². The number of nitrogens with zero attached hydrogens (tertiary/aromatic N) is 3. The number of ether oxygens (including phenoxy) is 1. The van der Waals surface area contributed by atoms with E-state index in [1.165, 1.54) is 18.5 Å². The summed E-state index contributed by atoms with van der Waals surface area (Å²) in [5.74, 6) is -0.136. The minimum atomic E-state index is -1.02. The lowest BCUT2D eigenvalue weighted by Crippen LogP contribution is -2.31. The zero-order valence-corrected chi connectivity index (χ0v) is 16.3. The Kier molecular flexibility index (Phi) is 4.93. The number of nitrogens with one attached hydrogen (secondary N) is 2. The summed E-state index contributed by atoms with van der Waals surface area (Å²) >= 11 is 0. The van der Waals surface area contributed by atoms with Crippen LogP contribution >= 0.6 is 0 Å². The van der Waals surface area contributed by atoms with Crippen LogP contribution in [0.15, 0.2) is 66.1 Å². The molecule has 1 amide bonds. The Morgan fingerprint density at radius 2 is 1.83 bits per heavy atom. The molecule has 1 aliphatic heterocycles. The second-order valence-electron chi connectivity index (χ2n) is 6.70. The highest BCUT2D eigenvalue weighted by molar-refractivity contribution is 6.06. The van der Waals surface area contributed by atoms with Crippen LogP contribution in [0.3, 0.4) is 0 Å². The molecular formula is C21H19N5O4. The van der Waals surface area contributed by atoms with Crippen molar-refractivity contribution in [2.24, 2.45) is 0 Å². The van der Waals surface area contributed by atoms with Crippen LogP contribution in [0.5, 0.6) is 5.75 Å². The van der Waals surface area contributed by atoms with Crippen LogP contribution in [0.1, 0.15) is 28.9 Å². The lowest BCUT2D eigenvalue weighted by molar-refractivity contribution is -0.113. The van der Waals surface area contributed by atoms with Gasteiger partial charge in [-0.2, -0.15) is 10.1 Å². The molecule has 4 rings (SSSR count). The zero-order chi connectivity index (χ0) is 21.3. The molecule has 3 N–H and O–H groups in total. The Bertz CT molecular complexity index is 1130. The summed E-state index contributed by atoms with van der Waals surface area (Å²) < 4.78 is 6.75. The van der Waals surface area contributed by atoms with Crippen LogP contribution < -0.4 is 15.4 Å². The molecule has 0 unspecified atom stereocenters. The van der Waals surface area contributed by atoms with Gasteiger partial charge in [0.1, 0.15) is 18.1 Å². The highest BCUT2D eigenvalue weighted by Gasteiger charge is 2.33. The highest BCUT2D eigenvalue weighted by atomic mass is 16.5. The maximum absolute atomic E-state index is 13.2. The number of hydrogen-bond acceptors (Lipinski definition) is 6. The molecule has 0 saturated heterocycles. The van der Waals surface area contributed by atoms with Crippen LogP contribution in [0.25, 0.3) is 0 Å². The minimum Gasteiger partial charge on any atom is -0.497 e. The van der Waals surface area contributed by atoms with Gasteiger partial charge in [-0.3, -0.25) is 4.79 Å². The Morgan fingerprint density at radius 1 is 1.13 bits per heavy atom. The first kappa shape index (κ1) is 19.2. The average molecular weight is 405 g/mol. The van der Waals surface area contributed by atoms with Gasteiger partial charge in [0.25, 0.3) is 5.91 Å². The van der Waals surface area contributed by atoms with Gasteiger partial charge >= 0.3 is 5.97 Å². The number of carboxylic acid groups (broad SMARTS) is 1. The van der Waals surface area contributed by atoms with Gasteiger partial charge in [0.15, 0.2) is 0 Å². The normalized spacial score (nSPS) is 15.2. The summed E-state index contributed by atoms with van der Waals surface area (Å²) in [4.78, 5) is 28.6. The van der Waals surface area contributed by atoms with Crippen molar-refractivity contribution in [3.8, 4) is 5.75 Å². The first-order valence-corrected chi connectivity index (χ1v) is 9.14. The van der Waals surface area contributed by atoms with Crippen molar-refractivity contribution in [3.05, 3.63) is 77.3 Å². The summed E-state index contributed by atoms with van der Waals surface area (Å²) in [6, 6.07) is 12.8. The predicted octanol–water partition coefficient (Wildman–Crippen LogP) is 2.91. The van der Waals surface area contributed by atoms with Crippen molar-refractivity contribution in [2.45, 2.75) is 13.0 Å². The fourth-order valence-corrected chi connectivity index (χ4v) is 3.37. The van der Waals surface area contributed by atoms with Crippen molar-refractivity contribution >= 4 is 23.5 Å². The third kappa shape index (κ3) is 3.48. The molecule has 2 heterocycles. The number of allylic oxidation sites excluding steroid dienone is 1. The molecule has 9 nitrogen and oxygen atoms in total. The second kappa shape index (κ2) is 7.70. The summed E-state index contributed by atoms with van der Waals surface area (Å²) in [6.45, 7) is 1.79. The molecule has 9 heteroatoms. The van der Waals surface area contributed by atoms with Gasteiger partial charge in [-0.1, -0.05) is 12.1 Å². The molecule has 0 spiro atoms. The highest BCUT2D eigenvalue weighted by Crippen LogP contribution is 2.35. The molecule has 30 heavy (non-hydrogen) atoms. The Morgan fingerprint density at radius 3 is 2.47 bits per heavy atom. The number of carboxylic acids is 1. The first-order valence-electron chi connectivity index (χ1n) is 9.14. The minimum absolute atomic E-state index is 0.163. The van der Waals surface area contributed by atoms with Crippen molar-refractivity contribution in [3.63, 3.8) is 0 Å². The lowest BCUT2D eigenvalue weighted by Gasteiger charge is -2.28. The molecule has 152 valence electrons. The molecule has 1 aliphatic rings. The van der Waals surface area contributed by atoms with Crippen LogP contribution in [-0.2, 0) is 4.79 Å². The number of anilines is 2. The molecular weight excluding hydrogens is 386 g/mol.